The minimum Gasteiger partial charge on any atom is -0.331 e. The second-order valence-corrected chi connectivity index (χ2v) is 8.23. The Morgan fingerprint density at radius 3 is 2.63 bits per heavy atom. The van der Waals surface area contributed by atoms with E-state index in [-0.39, 0.29) is 19.0 Å². The SMILES string of the molecule is CC(C)CN(Cc1nc2cccnc2n1CC1CC1)C(=O)c1c(F)ccc(F)c1F. The third kappa shape index (κ3) is 4.04. The van der Waals surface area contributed by atoms with Crippen LogP contribution in [0.5, 0.6) is 0 Å². The van der Waals surface area contributed by atoms with Crippen LogP contribution in [0.4, 0.5) is 13.2 Å². The van der Waals surface area contributed by atoms with E-state index >= 15 is 0 Å². The molecule has 5 nitrogen and oxygen atoms in total. The van der Waals surface area contributed by atoms with E-state index in [2.05, 4.69) is 9.97 Å². The summed E-state index contributed by atoms with van der Waals surface area (Å²) < 4.78 is 44.2. The zero-order chi connectivity index (χ0) is 21.4. The summed E-state index contributed by atoms with van der Waals surface area (Å²) in [5.41, 5.74) is 0.548. The predicted octanol–water partition coefficient (Wildman–Crippen LogP) is 4.56. The molecule has 0 atom stereocenters. The van der Waals surface area contributed by atoms with Crippen molar-refractivity contribution in [3.05, 3.63) is 59.3 Å². The number of hydrogen-bond acceptors (Lipinski definition) is 3. The normalized spacial score (nSPS) is 13.9. The van der Waals surface area contributed by atoms with Gasteiger partial charge in [0.2, 0.25) is 0 Å². The smallest absolute Gasteiger partial charge is 0.260 e. The number of nitrogens with zero attached hydrogens (tertiary/aromatic N) is 4. The van der Waals surface area contributed by atoms with E-state index in [9.17, 15) is 18.0 Å². The molecule has 0 aliphatic heterocycles. The summed E-state index contributed by atoms with van der Waals surface area (Å²) in [7, 11) is 0. The maximum atomic E-state index is 14.3. The number of fused-ring (bicyclic) bond motifs is 1. The van der Waals surface area contributed by atoms with Crippen LogP contribution in [0, 0.1) is 29.3 Å². The van der Waals surface area contributed by atoms with Crippen molar-refractivity contribution in [1.82, 2.24) is 19.4 Å². The molecule has 158 valence electrons. The first-order valence-corrected chi connectivity index (χ1v) is 10.1. The van der Waals surface area contributed by atoms with Crippen LogP contribution in [0.3, 0.4) is 0 Å². The Bertz CT molecular complexity index is 1090. The number of rotatable bonds is 7. The molecule has 0 bridgehead atoms. The summed E-state index contributed by atoms with van der Waals surface area (Å²) in [6.45, 7) is 4.82. The molecule has 1 aromatic carbocycles. The maximum absolute atomic E-state index is 14.3. The molecule has 30 heavy (non-hydrogen) atoms. The molecular formula is C22H23F3N4O. The predicted molar refractivity (Wildman–Crippen MR) is 106 cm³/mol. The van der Waals surface area contributed by atoms with Crippen molar-refractivity contribution < 1.29 is 18.0 Å². The van der Waals surface area contributed by atoms with Crippen LogP contribution >= 0.6 is 0 Å². The van der Waals surface area contributed by atoms with Crippen LogP contribution in [0.25, 0.3) is 11.2 Å². The van der Waals surface area contributed by atoms with E-state index in [0.717, 1.165) is 31.1 Å². The van der Waals surface area contributed by atoms with E-state index in [4.69, 9.17) is 0 Å². The van der Waals surface area contributed by atoms with Crippen LogP contribution in [0.2, 0.25) is 0 Å². The Morgan fingerprint density at radius 1 is 1.20 bits per heavy atom. The molecule has 1 aliphatic carbocycles. The fourth-order valence-corrected chi connectivity index (χ4v) is 3.59. The number of amides is 1. The second kappa shape index (κ2) is 8.08. The first-order valence-electron chi connectivity index (χ1n) is 10.1. The topological polar surface area (TPSA) is 51.0 Å². The lowest BCUT2D eigenvalue weighted by Gasteiger charge is -2.25. The van der Waals surface area contributed by atoms with Gasteiger partial charge in [-0.3, -0.25) is 4.79 Å². The molecular weight excluding hydrogens is 393 g/mol. The number of carbonyl (C=O) groups excluding carboxylic acids is 1. The Balaban J connectivity index is 1.72. The minimum atomic E-state index is -1.47. The average molecular weight is 416 g/mol. The van der Waals surface area contributed by atoms with Crippen molar-refractivity contribution in [3.63, 3.8) is 0 Å². The van der Waals surface area contributed by atoms with E-state index < -0.39 is 28.9 Å². The van der Waals surface area contributed by atoms with E-state index in [0.29, 0.717) is 23.3 Å². The summed E-state index contributed by atoms with van der Waals surface area (Å²) in [5, 5.41) is 0. The third-order valence-electron chi connectivity index (χ3n) is 5.18. The molecule has 2 heterocycles. The van der Waals surface area contributed by atoms with Crippen molar-refractivity contribution >= 4 is 17.1 Å². The monoisotopic (exact) mass is 416 g/mol. The lowest BCUT2D eigenvalue weighted by atomic mass is 10.1. The molecule has 0 unspecified atom stereocenters. The number of aromatic nitrogens is 3. The highest BCUT2D eigenvalue weighted by Crippen LogP contribution is 2.32. The maximum Gasteiger partial charge on any atom is 0.260 e. The molecule has 1 fully saturated rings. The lowest BCUT2D eigenvalue weighted by molar-refractivity contribution is 0.0704. The Labute approximate surface area is 172 Å². The van der Waals surface area contributed by atoms with Crippen LogP contribution in [-0.4, -0.2) is 31.9 Å². The van der Waals surface area contributed by atoms with Gasteiger partial charge in [-0.15, -0.1) is 0 Å². The summed E-state index contributed by atoms with van der Waals surface area (Å²) in [4.78, 5) is 23.4. The standard InChI is InChI=1S/C22H23F3N4O/c1-13(2)10-28(22(30)19-15(23)7-8-16(24)20(19)25)12-18-27-17-4-3-9-26-21(17)29(18)11-14-5-6-14/h3-4,7-9,13-14H,5-6,10-12H2,1-2H3. The summed E-state index contributed by atoms with van der Waals surface area (Å²) >= 11 is 0. The average Bonchev–Trinajstić information content (AvgIpc) is 3.46. The van der Waals surface area contributed by atoms with Gasteiger partial charge in [-0.25, -0.2) is 23.1 Å². The van der Waals surface area contributed by atoms with Gasteiger partial charge in [0, 0.05) is 19.3 Å². The molecule has 4 rings (SSSR count). The molecule has 8 heteroatoms. The highest BCUT2D eigenvalue weighted by molar-refractivity contribution is 5.94. The van der Waals surface area contributed by atoms with E-state index in [1.165, 1.54) is 4.90 Å². The number of imidazole rings is 1. The van der Waals surface area contributed by atoms with Crippen LogP contribution in [0.1, 0.15) is 42.9 Å². The van der Waals surface area contributed by atoms with Gasteiger partial charge in [0.05, 0.1) is 6.54 Å². The number of hydrogen-bond donors (Lipinski definition) is 0. The van der Waals surface area contributed by atoms with Crippen molar-refractivity contribution in [3.8, 4) is 0 Å². The largest absolute Gasteiger partial charge is 0.331 e. The molecule has 0 saturated heterocycles. The Morgan fingerprint density at radius 2 is 1.93 bits per heavy atom. The van der Waals surface area contributed by atoms with Gasteiger partial charge in [0.25, 0.3) is 5.91 Å². The summed E-state index contributed by atoms with van der Waals surface area (Å²) in [6.07, 6.45) is 3.94. The van der Waals surface area contributed by atoms with Gasteiger partial charge in [0.1, 0.15) is 22.7 Å². The zero-order valence-electron chi connectivity index (χ0n) is 16.9. The number of carbonyl (C=O) groups is 1. The Kier molecular flexibility index (Phi) is 5.49. The first kappa shape index (κ1) is 20.4. The highest BCUT2D eigenvalue weighted by Gasteiger charge is 2.29. The third-order valence-corrected chi connectivity index (χ3v) is 5.18. The molecule has 0 radical (unpaired) electrons. The van der Waals surface area contributed by atoms with Crippen LogP contribution in [-0.2, 0) is 13.1 Å². The fourth-order valence-electron chi connectivity index (χ4n) is 3.59. The Hall–Kier alpha value is -2.90. The minimum absolute atomic E-state index is 0.0352. The molecule has 0 N–H and O–H groups in total. The fraction of sp³-hybridized carbons (Fsp3) is 0.409. The highest BCUT2D eigenvalue weighted by atomic mass is 19.2. The van der Waals surface area contributed by atoms with Gasteiger partial charge in [-0.2, -0.15) is 0 Å². The quantitative estimate of drug-likeness (QED) is 0.531. The molecule has 1 aliphatic rings. The lowest BCUT2D eigenvalue weighted by Crippen LogP contribution is -2.36. The summed E-state index contributed by atoms with van der Waals surface area (Å²) in [5.74, 6) is -3.53. The van der Waals surface area contributed by atoms with Crippen molar-refractivity contribution in [2.24, 2.45) is 11.8 Å². The van der Waals surface area contributed by atoms with Gasteiger partial charge >= 0.3 is 0 Å². The second-order valence-electron chi connectivity index (χ2n) is 8.23. The zero-order valence-corrected chi connectivity index (χ0v) is 16.9. The number of benzene rings is 1. The molecule has 2 aromatic heterocycles. The van der Waals surface area contributed by atoms with E-state index in [1.54, 1.807) is 12.3 Å². The van der Waals surface area contributed by atoms with Crippen molar-refractivity contribution in [2.45, 2.75) is 39.8 Å². The van der Waals surface area contributed by atoms with Crippen LogP contribution < -0.4 is 0 Å². The van der Waals surface area contributed by atoms with Crippen molar-refractivity contribution in [1.29, 1.82) is 0 Å². The van der Waals surface area contributed by atoms with Crippen molar-refractivity contribution in [2.75, 3.05) is 6.54 Å². The van der Waals surface area contributed by atoms with Gasteiger partial charge in [0.15, 0.2) is 17.3 Å². The molecule has 1 saturated carbocycles. The first-order chi connectivity index (χ1) is 14.3. The number of halogens is 3. The van der Waals surface area contributed by atoms with E-state index in [1.807, 2.05) is 24.5 Å². The molecule has 1 amide bonds. The number of pyridine rings is 1. The van der Waals surface area contributed by atoms with Gasteiger partial charge < -0.3 is 9.47 Å². The molecule has 0 spiro atoms. The summed E-state index contributed by atoms with van der Waals surface area (Å²) in [6, 6.07) is 5.07. The molecule has 3 aromatic rings. The van der Waals surface area contributed by atoms with Gasteiger partial charge in [-0.05, 0) is 48.9 Å². The van der Waals surface area contributed by atoms with Gasteiger partial charge in [-0.1, -0.05) is 13.8 Å². The van der Waals surface area contributed by atoms with Crippen LogP contribution in [0.15, 0.2) is 30.5 Å².